The standard InChI is InChI=1S/C14H14N2O4/c1-9-3-5-11(6-4-9)16(8-13(17)18)14(19)12-7-10(2)15-20-12/h3-7H,8H2,1-2H3,(H,17,18). The van der Waals surface area contributed by atoms with Crippen LogP contribution in [0.2, 0.25) is 0 Å². The predicted octanol–water partition coefficient (Wildman–Crippen LogP) is 2.02. The van der Waals surface area contributed by atoms with Crippen LogP contribution in [-0.2, 0) is 4.79 Å². The third-order valence-electron chi connectivity index (χ3n) is 2.72. The van der Waals surface area contributed by atoms with Crippen LogP contribution < -0.4 is 4.90 Å². The van der Waals surface area contributed by atoms with Crippen molar-refractivity contribution in [2.45, 2.75) is 13.8 Å². The molecule has 0 aliphatic carbocycles. The van der Waals surface area contributed by atoms with E-state index in [9.17, 15) is 9.59 Å². The van der Waals surface area contributed by atoms with Gasteiger partial charge in [-0.3, -0.25) is 14.5 Å². The Hall–Kier alpha value is -2.63. The highest BCUT2D eigenvalue weighted by Crippen LogP contribution is 2.18. The molecule has 1 N–H and O–H groups in total. The van der Waals surface area contributed by atoms with Gasteiger partial charge in [0.05, 0.1) is 5.69 Å². The summed E-state index contributed by atoms with van der Waals surface area (Å²) in [4.78, 5) is 24.4. The van der Waals surface area contributed by atoms with Gasteiger partial charge in [0, 0.05) is 11.8 Å². The Morgan fingerprint density at radius 2 is 1.90 bits per heavy atom. The molecular weight excluding hydrogens is 260 g/mol. The largest absolute Gasteiger partial charge is 0.480 e. The monoisotopic (exact) mass is 274 g/mol. The van der Waals surface area contributed by atoms with Crippen LogP contribution in [0.3, 0.4) is 0 Å². The van der Waals surface area contributed by atoms with Crippen molar-refractivity contribution in [2.24, 2.45) is 0 Å². The van der Waals surface area contributed by atoms with Gasteiger partial charge in [0.2, 0.25) is 5.76 Å². The quantitative estimate of drug-likeness (QED) is 0.922. The molecule has 6 nitrogen and oxygen atoms in total. The first kappa shape index (κ1) is 13.8. The highest BCUT2D eigenvalue weighted by molar-refractivity contribution is 6.06. The molecule has 0 saturated carbocycles. The first-order valence-electron chi connectivity index (χ1n) is 6.01. The molecule has 0 atom stereocenters. The zero-order valence-electron chi connectivity index (χ0n) is 11.2. The van der Waals surface area contributed by atoms with E-state index in [1.165, 1.54) is 6.07 Å². The molecule has 104 valence electrons. The van der Waals surface area contributed by atoms with Gasteiger partial charge in [-0.25, -0.2) is 0 Å². The number of nitrogens with zero attached hydrogens (tertiary/aromatic N) is 2. The number of hydrogen-bond donors (Lipinski definition) is 1. The normalized spacial score (nSPS) is 10.3. The van der Waals surface area contributed by atoms with Gasteiger partial charge < -0.3 is 9.63 Å². The summed E-state index contributed by atoms with van der Waals surface area (Å²) in [5.41, 5.74) is 2.08. The molecule has 0 saturated heterocycles. The lowest BCUT2D eigenvalue weighted by molar-refractivity contribution is -0.135. The molecule has 1 aromatic carbocycles. The van der Waals surface area contributed by atoms with E-state index in [0.717, 1.165) is 10.5 Å². The first-order valence-corrected chi connectivity index (χ1v) is 6.01. The summed E-state index contributed by atoms with van der Waals surface area (Å²) in [5, 5.41) is 12.6. The minimum atomic E-state index is -1.10. The zero-order valence-corrected chi connectivity index (χ0v) is 11.2. The number of aromatic nitrogens is 1. The van der Waals surface area contributed by atoms with Crippen molar-refractivity contribution >= 4 is 17.6 Å². The van der Waals surface area contributed by atoms with Gasteiger partial charge in [-0.05, 0) is 26.0 Å². The van der Waals surface area contributed by atoms with Crippen LogP contribution >= 0.6 is 0 Å². The number of benzene rings is 1. The number of carboxylic acids is 1. The van der Waals surface area contributed by atoms with Gasteiger partial charge in [0.1, 0.15) is 6.54 Å². The Morgan fingerprint density at radius 3 is 2.40 bits per heavy atom. The summed E-state index contributed by atoms with van der Waals surface area (Å²) in [5.74, 6) is -1.61. The third-order valence-corrected chi connectivity index (χ3v) is 2.72. The SMILES string of the molecule is Cc1ccc(N(CC(=O)O)C(=O)c2cc(C)no2)cc1. The van der Waals surface area contributed by atoms with E-state index in [-0.39, 0.29) is 5.76 Å². The van der Waals surface area contributed by atoms with Crippen molar-refractivity contribution in [2.75, 3.05) is 11.4 Å². The number of amides is 1. The van der Waals surface area contributed by atoms with Crippen molar-refractivity contribution in [3.63, 3.8) is 0 Å². The maximum atomic E-state index is 12.3. The Bertz CT molecular complexity index is 631. The van der Waals surface area contributed by atoms with Crippen LogP contribution in [0.15, 0.2) is 34.9 Å². The molecule has 20 heavy (non-hydrogen) atoms. The fourth-order valence-electron chi connectivity index (χ4n) is 1.74. The fourth-order valence-corrected chi connectivity index (χ4v) is 1.74. The van der Waals surface area contributed by atoms with Crippen molar-refractivity contribution in [3.05, 3.63) is 47.3 Å². The van der Waals surface area contributed by atoms with Crippen molar-refractivity contribution < 1.29 is 19.2 Å². The number of anilines is 1. The molecule has 1 heterocycles. The minimum absolute atomic E-state index is 0.0179. The van der Waals surface area contributed by atoms with E-state index < -0.39 is 18.4 Å². The van der Waals surface area contributed by atoms with Crippen LogP contribution in [-0.4, -0.2) is 28.7 Å². The second-order valence-corrected chi connectivity index (χ2v) is 4.45. The molecule has 6 heteroatoms. The van der Waals surface area contributed by atoms with Crippen LogP contribution in [0.25, 0.3) is 0 Å². The van der Waals surface area contributed by atoms with E-state index in [0.29, 0.717) is 11.4 Å². The number of aliphatic carboxylic acids is 1. The Kier molecular flexibility index (Phi) is 3.84. The highest BCUT2D eigenvalue weighted by Gasteiger charge is 2.23. The topological polar surface area (TPSA) is 83.6 Å². The van der Waals surface area contributed by atoms with E-state index in [1.54, 1.807) is 19.1 Å². The van der Waals surface area contributed by atoms with E-state index in [1.807, 2.05) is 19.1 Å². The summed E-state index contributed by atoms with van der Waals surface area (Å²) in [7, 11) is 0. The number of hydrogen-bond acceptors (Lipinski definition) is 4. The smallest absolute Gasteiger partial charge is 0.323 e. The number of carbonyl (C=O) groups excluding carboxylic acids is 1. The lowest BCUT2D eigenvalue weighted by Gasteiger charge is -2.19. The molecule has 0 aliphatic heterocycles. The molecule has 0 aliphatic rings. The third kappa shape index (κ3) is 3.03. The average Bonchev–Trinajstić information content (AvgIpc) is 2.83. The van der Waals surface area contributed by atoms with Crippen LogP contribution in [0.1, 0.15) is 21.8 Å². The molecule has 0 bridgehead atoms. The van der Waals surface area contributed by atoms with Crippen molar-refractivity contribution in [1.29, 1.82) is 0 Å². The fraction of sp³-hybridized carbons (Fsp3) is 0.214. The predicted molar refractivity (Wildman–Crippen MR) is 71.7 cm³/mol. The summed E-state index contributed by atoms with van der Waals surface area (Å²) in [6, 6.07) is 8.48. The number of carbonyl (C=O) groups is 2. The van der Waals surface area contributed by atoms with Gasteiger partial charge in [-0.15, -0.1) is 0 Å². The van der Waals surface area contributed by atoms with Gasteiger partial charge in [-0.1, -0.05) is 22.9 Å². The molecule has 0 spiro atoms. The summed E-state index contributed by atoms with van der Waals surface area (Å²) < 4.78 is 4.90. The number of rotatable bonds is 4. The molecule has 0 unspecified atom stereocenters. The molecule has 0 radical (unpaired) electrons. The van der Waals surface area contributed by atoms with Gasteiger partial charge >= 0.3 is 5.97 Å². The molecule has 0 fully saturated rings. The van der Waals surface area contributed by atoms with E-state index >= 15 is 0 Å². The second-order valence-electron chi connectivity index (χ2n) is 4.45. The summed E-state index contributed by atoms with van der Waals surface area (Å²) in [6.07, 6.45) is 0. The molecule has 2 rings (SSSR count). The Balaban J connectivity index is 2.34. The van der Waals surface area contributed by atoms with Crippen LogP contribution in [0.5, 0.6) is 0 Å². The Morgan fingerprint density at radius 1 is 1.25 bits per heavy atom. The number of aryl methyl sites for hydroxylation is 2. The molecule has 2 aromatic rings. The average molecular weight is 274 g/mol. The number of carboxylic acid groups (broad SMARTS) is 1. The summed E-state index contributed by atoms with van der Waals surface area (Å²) in [6.45, 7) is 3.16. The first-order chi connectivity index (χ1) is 9.47. The van der Waals surface area contributed by atoms with Gasteiger partial charge in [0.25, 0.3) is 5.91 Å². The lowest BCUT2D eigenvalue weighted by Crippen LogP contribution is -2.35. The van der Waals surface area contributed by atoms with Crippen molar-refractivity contribution in [1.82, 2.24) is 5.16 Å². The molecular formula is C14H14N2O4. The van der Waals surface area contributed by atoms with E-state index in [4.69, 9.17) is 9.63 Å². The second kappa shape index (κ2) is 5.56. The molecule has 1 amide bonds. The zero-order chi connectivity index (χ0) is 14.7. The highest BCUT2D eigenvalue weighted by atomic mass is 16.5. The van der Waals surface area contributed by atoms with Crippen LogP contribution in [0, 0.1) is 13.8 Å². The van der Waals surface area contributed by atoms with Crippen LogP contribution in [0.4, 0.5) is 5.69 Å². The van der Waals surface area contributed by atoms with Gasteiger partial charge in [0.15, 0.2) is 0 Å². The molecule has 1 aromatic heterocycles. The summed E-state index contributed by atoms with van der Waals surface area (Å²) >= 11 is 0. The maximum absolute atomic E-state index is 12.3. The van der Waals surface area contributed by atoms with E-state index in [2.05, 4.69) is 5.16 Å². The van der Waals surface area contributed by atoms with Gasteiger partial charge in [-0.2, -0.15) is 0 Å². The van der Waals surface area contributed by atoms with Crippen molar-refractivity contribution in [3.8, 4) is 0 Å². The minimum Gasteiger partial charge on any atom is -0.480 e. The maximum Gasteiger partial charge on any atom is 0.323 e. The Labute approximate surface area is 115 Å². The lowest BCUT2D eigenvalue weighted by atomic mass is 10.2.